The van der Waals surface area contributed by atoms with Crippen molar-refractivity contribution in [2.24, 2.45) is 5.92 Å². The summed E-state index contributed by atoms with van der Waals surface area (Å²) in [5.41, 5.74) is 0.660. The standard InChI is InChI=1S/C10H14FN3/c1-6-3-8(4-6)13-9-5-7(2)12-10(11)14-9/h5-6,8H,3-4H2,1-2H3,(H,12,13,14). The molecule has 0 bridgehead atoms. The van der Waals surface area contributed by atoms with Gasteiger partial charge in [-0.2, -0.15) is 9.37 Å². The Hall–Kier alpha value is -1.19. The van der Waals surface area contributed by atoms with E-state index in [0.29, 0.717) is 17.6 Å². The minimum absolute atomic E-state index is 0.457. The highest BCUT2D eigenvalue weighted by Gasteiger charge is 2.25. The largest absolute Gasteiger partial charge is 0.367 e. The first-order valence-corrected chi connectivity index (χ1v) is 4.91. The normalized spacial score (nSPS) is 25.6. The molecule has 2 rings (SSSR count). The van der Waals surface area contributed by atoms with Gasteiger partial charge in [-0.3, -0.25) is 0 Å². The van der Waals surface area contributed by atoms with Crippen LogP contribution in [0.4, 0.5) is 10.2 Å². The fraction of sp³-hybridized carbons (Fsp3) is 0.600. The lowest BCUT2D eigenvalue weighted by Crippen LogP contribution is -2.34. The molecule has 0 aromatic carbocycles. The molecule has 0 spiro atoms. The van der Waals surface area contributed by atoms with Gasteiger partial charge in [0, 0.05) is 17.8 Å². The highest BCUT2D eigenvalue weighted by Crippen LogP contribution is 2.28. The molecular weight excluding hydrogens is 181 g/mol. The molecule has 1 saturated carbocycles. The maximum absolute atomic E-state index is 12.8. The van der Waals surface area contributed by atoms with Gasteiger partial charge in [-0.05, 0) is 25.7 Å². The van der Waals surface area contributed by atoms with Gasteiger partial charge < -0.3 is 5.32 Å². The van der Waals surface area contributed by atoms with Crippen LogP contribution in [-0.2, 0) is 0 Å². The van der Waals surface area contributed by atoms with Crippen molar-refractivity contribution in [3.05, 3.63) is 17.8 Å². The molecule has 0 atom stereocenters. The molecule has 1 N–H and O–H groups in total. The third kappa shape index (κ3) is 2.00. The Labute approximate surface area is 82.8 Å². The van der Waals surface area contributed by atoms with Crippen LogP contribution >= 0.6 is 0 Å². The van der Waals surface area contributed by atoms with E-state index in [-0.39, 0.29) is 0 Å². The Balaban J connectivity index is 2.02. The van der Waals surface area contributed by atoms with Crippen molar-refractivity contribution < 1.29 is 4.39 Å². The van der Waals surface area contributed by atoms with Crippen molar-refractivity contribution in [1.29, 1.82) is 0 Å². The number of halogens is 1. The van der Waals surface area contributed by atoms with E-state index in [1.54, 1.807) is 13.0 Å². The number of nitrogens with zero attached hydrogens (tertiary/aromatic N) is 2. The fourth-order valence-corrected chi connectivity index (χ4v) is 1.84. The second-order valence-corrected chi connectivity index (χ2v) is 4.08. The summed E-state index contributed by atoms with van der Waals surface area (Å²) in [4.78, 5) is 7.27. The van der Waals surface area contributed by atoms with E-state index in [1.165, 1.54) is 0 Å². The van der Waals surface area contributed by atoms with Gasteiger partial charge in [0.1, 0.15) is 5.82 Å². The molecular formula is C10H14FN3. The molecule has 1 aromatic heterocycles. The van der Waals surface area contributed by atoms with Gasteiger partial charge in [-0.25, -0.2) is 4.98 Å². The first-order chi connectivity index (χ1) is 6.63. The second-order valence-electron chi connectivity index (χ2n) is 4.08. The summed E-state index contributed by atoms with van der Waals surface area (Å²) >= 11 is 0. The molecule has 1 heterocycles. The Morgan fingerprint density at radius 2 is 2.14 bits per heavy atom. The van der Waals surface area contributed by atoms with Crippen molar-refractivity contribution in [2.75, 3.05) is 5.32 Å². The SMILES string of the molecule is Cc1cc(NC2CC(C)C2)nc(F)n1. The third-order valence-corrected chi connectivity index (χ3v) is 2.55. The average Bonchev–Trinajstić information content (AvgIpc) is 1.99. The maximum atomic E-state index is 12.8. The molecule has 1 aliphatic rings. The molecule has 0 amide bonds. The van der Waals surface area contributed by atoms with E-state index >= 15 is 0 Å². The van der Waals surface area contributed by atoms with Crippen molar-refractivity contribution >= 4 is 5.82 Å². The number of hydrogen-bond donors (Lipinski definition) is 1. The Morgan fingerprint density at radius 3 is 2.71 bits per heavy atom. The van der Waals surface area contributed by atoms with Crippen LogP contribution in [0.1, 0.15) is 25.5 Å². The van der Waals surface area contributed by atoms with Crippen LogP contribution in [0.15, 0.2) is 6.07 Å². The monoisotopic (exact) mass is 195 g/mol. The number of rotatable bonds is 2. The van der Waals surface area contributed by atoms with Crippen molar-refractivity contribution in [2.45, 2.75) is 32.7 Å². The number of anilines is 1. The van der Waals surface area contributed by atoms with Gasteiger partial charge in [0.25, 0.3) is 0 Å². The summed E-state index contributed by atoms with van der Waals surface area (Å²) in [6.45, 7) is 3.98. The van der Waals surface area contributed by atoms with Gasteiger partial charge in [-0.15, -0.1) is 0 Å². The number of aryl methyl sites for hydroxylation is 1. The molecule has 3 nitrogen and oxygen atoms in total. The lowest BCUT2D eigenvalue weighted by Gasteiger charge is -2.33. The van der Waals surface area contributed by atoms with Crippen LogP contribution in [0, 0.1) is 18.9 Å². The van der Waals surface area contributed by atoms with Crippen LogP contribution in [0.2, 0.25) is 0 Å². The molecule has 0 saturated heterocycles. The van der Waals surface area contributed by atoms with Gasteiger partial charge >= 0.3 is 6.08 Å². The lowest BCUT2D eigenvalue weighted by molar-refractivity contribution is 0.308. The molecule has 0 unspecified atom stereocenters. The third-order valence-electron chi connectivity index (χ3n) is 2.55. The predicted octanol–water partition coefficient (Wildman–Crippen LogP) is 2.13. The first-order valence-electron chi connectivity index (χ1n) is 4.91. The summed E-state index contributed by atoms with van der Waals surface area (Å²) in [7, 11) is 0. The van der Waals surface area contributed by atoms with Crippen LogP contribution in [-0.4, -0.2) is 16.0 Å². The summed E-state index contributed by atoms with van der Waals surface area (Å²) in [6.07, 6.45) is 1.63. The van der Waals surface area contributed by atoms with Crippen LogP contribution in [0.5, 0.6) is 0 Å². The average molecular weight is 195 g/mol. The topological polar surface area (TPSA) is 37.8 Å². The van der Waals surface area contributed by atoms with E-state index in [4.69, 9.17) is 0 Å². The minimum atomic E-state index is -0.653. The maximum Gasteiger partial charge on any atom is 0.310 e. The zero-order chi connectivity index (χ0) is 10.1. The summed E-state index contributed by atoms with van der Waals surface area (Å²) in [5, 5.41) is 3.20. The van der Waals surface area contributed by atoms with E-state index in [0.717, 1.165) is 18.8 Å². The van der Waals surface area contributed by atoms with E-state index in [9.17, 15) is 4.39 Å². The smallest absolute Gasteiger partial charge is 0.310 e. The van der Waals surface area contributed by atoms with E-state index < -0.39 is 6.08 Å². The van der Waals surface area contributed by atoms with Gasteiger partial charge in [0.05, 0.1) is 0 Å². The molecule has 76 valence electrons. The molecule has 0 aliphatic heterocycles. The Morgan fingerprint density at radius 1 is 1.43 bits per heavy atom. The lowest BCUT2D eigenvalue weighted by atomic mass is 9.82. The number of nitrogens with one attached hydrogen (secondary N) is 1. The summed E-state index contributed by atoms with van der Waals surface area (Å²) in [5.74, 6) is 1.38. The van der Waals surface area contributed by atoms with Crippen LogP contribution in [0.3, 0.4) is 0 Å². The minimum Gasteiger partial charge on any atom is -0.367 e. The molecule has 0 radical (unpaired) electrons. The van der Waals surface area contributed by atoms with Crippen LogP contribution in [0.25, 0.3) is 0 Å². The van der Waals surface area contributed by atoms with Crippen molar-refractivity contribution in [3.8, 4) is 0 Å². The zero-order valence-electron chi connectivity index (χ0n) is 8.42. The predicted molar refractivity (Wildman–Crippen MR) is 52.5 cm³/mol. The fourth-order valence-electron chi connectivity index (χ4n) is 1.84. The van der Waals surface area contributed by atoms with E-state index in [2.05, 4.69) is 22.2 Å². The first kappa shape index (κ1) is 9.37. The molecule has 4 heteroatoms. The van der Waals surface area contributed by atoms with Crippen LogP contribution < -0.4 is 5.32 Å². The van der Waals surface area contributed by atoms with E-state index in [1.807, 2.05) is 0 Å². The molecule has 1 aromatic rings. The molecule has 1 aliphatic carbocycles. The Kier molecular flexibility index (Phi) is 2.35. The van der Waals surface area contributed by atoms with Gasteiger partial charge in [0.15, 0.2) is 0 Å². The van der Waals surface area contributed by atoms with Gasteiger partial charge in [-0.1, -0.05) is 6.92 Å². The Bertz CT molecular complexity index is 314. The summed E-state index contributed by atoms with van der Waals surface area (Å²) < 4.78 is 12.8. The highest BCUT2D eigenvalue weighted by atomic mass is 19.1. The second kappa shape index (κ2) is 3.52. The highest BCUT2D eigenvalue weighted by molar-refractivity contribution is 5.36. The number of aromatic nitrogens is 2. The number of hydrogen-bond acceptors (Lipinski definition) is 3. The zero-order valence-corrected chi connectivity index (χ0v) is 8.42. The van der Waals surface area contributed by atoms with Crippen molar-refractivity contribution in [1.82, 2.24) is 9.97 Å². The molecule has 1 fully saturated rings. The molecule has 14 heavy (non-hydrogen) atoms. The summed E-state index contributed by atoms with van der Waals surface area (Å²) in [6, 6.07) is 2.23. The quantitative estimate of drug-likeness (QED) is 0.735. The van der Waals surface area contributed by atoms with Crippen molar-refractivity contribution in [3.63, 3.8) is 0 Å². The van der Waals surface area contributed by atoms with Gasteiger partial charge in [0.2, 0.25) is 0 Å².